The summed E-state index contributed by atoms with van der Waals surface area (Å²) < 4.78 is 18.4. The average molecular weight is 226 g/mol. The second-order valence-corrected chi connectivity index (χ2v) is 3.86. The predicted octanol–water partition coefficient (Wildman–Crippen LogP) is 2.41. The molecular formula is C12H15FO3. The molecule has 1 unspecified atom stereocenters. The summed E-state index contributed by atoms with van der Waals surface area (Å²) in [5, 5.41) is 8.80. The SMILES string of the molecule is COc1cc(C)c(F)cc1CC(C)C(=O)O. The van der Waals surface area contributed by atoms with E-state index in [0.29, 0.717) is 16.9 Å². The van der Waals surface area contributed by atoms with E-state index in [0.717, 1.165) is 0 Å². The lowest BCUT2D eigenvalue weighted by molar-refractivity contribution is -0.141. The van der Waals surface area contributed by atoms with E-state index in [1.54, 1.807) is 19.9 Å². The molecule has 0 amide bonds. The van der Waals surface area contributed by atoms with Crippen LogP contribution in [0.1, 0.15) is 18.1 Å². The molecular weight excluding hydrogens is 211 g/mol. The minimum Gasteiger partial charge on any atom is -0.496 e. The Labute approximate surface area is 93.9 Å². The Bertz CT molecular complexity index is 401. The minimum atomic E-state index is -0.900. The van der Waals surface area contributed by atoms with Crippen LogP contribution in [0.15, 0.2) is 12.1 Å². The summed E-state index contributed by atoms with van der Waals surface area (Å²) in [6, 6.07) is 2.92. The zero-order chi connectivity index (χ0) is 12.3. The van der Waals surface area contributed by atoms with Crippen LogP contribution in [-0.4, -0.2) is 18.2 Å². The monoisotopic (exact) mass is 226 g/mol. The first-order valence-corrected chi connectivity index (χ1v) is 5.01. The molecule has 0 fully saturated rings. The van der Waals surface area contributed by atoms with Gasteiger partial charge >= 0.3 is 5.97 Å². The zero-order valence-electron chi connectivity index (χ0n) is 9.58. The van der Waals surface area contributed by atoms with Crippen LogP contribution in [0.5, 0.6) is 5.75 Å². The highest BCUT2D eigenvalue weighted by Crippen LogP contribution is 2.25. The number of aliphatic carboxylic acids is 1. The first-order chi connectivity index (χ1) is 7.45. The maximum absolute atomic E-state index is 13.3. The fourth-order valence-corrected chi connectivity index (χ4v) is 1.46. The third-order valence-electron chi connectivity index (χ3n) is 2.51. The fraction of sp³-hybridized carbons (Fsp3) is 0.417. The summed E-state index contributed by atoms with van der Waals surface area (Å²) >= 11 is 0. The molecule has 0 aliphatic carbocycles. The second kappa shape index (κ2) is 4.96. The number of rotatable bonds is 4. The van der Waals surface area contributed by atoms with Gasteiger partial charge in [0.25, 0.3) is 0 Å². The van der Waals surface area contributed by atoms with Crippen molar-refractivity contribution >= 4 is 5.97 Å². The molecule has 0 aliphatic heterocycles. The standard InChI is InChI=1S/C12H15FO3/c1-7-5-11(16-3)9(6-10(7)13)4-8(2)12(14)15/h5-6,8H,4H2,1-3H3,(H,14,15). The Morgan fingerprint density at radius 1 is 1.56 bits per heavy atom. The Hall–Kier alpha value is -1.58. The van der Waals surface area contributed by atoms with Crippen molar-refractivity contribution in [2.45, 2.75) is 20.3 Å². The number of benzene rings is 1. The summed E-state index contributed by atoms with van der Waals surface area (Å²) in [4.78, 5) is 10.7. The van der Waals surface area contributed by atoms with Crippen LogP contribution in [0.3, 0.4) is 0 Å². The number of hydrogen-bond acceptors (Lipinski definition) is 2. The van der Waals surface area contributed by atoms with Gasteiger partial charge in [-0.25, -0.2) is 4.39 Å². The molecule has 0 heterocycles. The highest BCUT2D eigenvalue weighted by molar-refractivity contribution is 5.70. The number of carboxylic acid groups (broad SMARTS) is 1. The number of carboxylic acids is 1. The first kappa shape index (κ1) is 12.5. The van der Waals surface area contributed by atoms with Gasteiger partial charge in [-0.2, -0.15) is 0 Å². The van der Waals surface area contributed by atoms with Gasteiger partial charge in [-0.3, -0.25) is 4.79 Å². The quantitative estimate of drug-likeness (QED) is 0.857. The van der Waals surface area contributed by atoms with Crippen LogP contribution < -0.4 is 4.74 Å². The van der Waals surface area contributed by atoms with Crippen LogP contribution in [0.4, 0.5) is 4.39 Å². The predicted molar refractivity (Wildman–Crippen MR) is 58.2 cm³/mol. The second-order valence-electron chi connectivity index (χ2n) is 3.86. The number of methoxy groups -OCH3 is 1. The maximum Gasteiger partial charge on any atom is 0.306 e. The van der Waals surface area contributed by atoms with E-state index in [4.69, 9.17) is 9.84 Å². The molecule has 1 N–H and O–H groups in total. The van der Waals surface area contributed by atoms with Gasteiger partial charge in [0.15, 0.2) is 0 Å². The van der Waals surface area contributed by atoms with Crippen LogP contribution in [0.25, 0.3) is 0 Å². The van der Waals surface area contributed by atoms with Gasteiger partial charge in [-0.05, 0) is 36.6 Å². The third kappa shape index (κ3) is 2.72. The lowest BCUT2D eigenvalue weighted by atomic mass is 9.99. The van der Waals surface area contributed by atoms with Crippen LogP contribution >= 0.6 is 0 Å². The molecule has 1 aromatic carbocycles. The highest BCUT2D eigenvalue weighted by Gasteiger charge is 2.16. The van der Waals surface area contributed by atoms with Gasteiger partial charge in [0, 0.05) is 0 Å². The normalized spacial score (nSPS) is 12.2. The van der Waals surface area contributed by atoms with E-state index in [9.17, 15) is 9.18 Å². The average Bonchev–Trinajstić information content (AvgIpc) is 2.22. The number of hydrogen-bond donors (Lipinski definition) is 1. The number of carbonyl (C=O) groups is 1. The van der Waals surface area contributed by atoms with E-state index < -0.39 is 11.9 Å². The molecule has 0 spiro atoms. The van der Waals surface area contributed by atoms with Crippen molar-refractivity contribution < 1.29 is 19.0 Å². The Morgan fingerprint density at radius 3 is 2.69 bits per heavy atom. The van der Waals surface area contributed by atoms with Crippen molar-refractivity contribution in [3.8, 4) is 5.75 Å². The van der Waals surface area contributed by atoms with Crippen molar-refractivity contribution in [2.24, 2.45) is 5.92 Å². The molecule has 0 saturated carbocycles. The fourth-order valence-electron chi connectivity index (χ4n) is 1.46. The van der Waals surface area contributed by atoms with Gasteiger partial charge in [-0.15, -0.1) is 0 Å². The summed E-state index contributed by atoms with van der Waals surface area (Å²) in [5.74, 6) is -1.26. The molecule has 1 aromatic rings. The van der Waals surface area contributed by atoms with Crippen LogP contribution in [-0.2, 0) is 11.2 Å². The van der Waals surface area contributed by atoms with Gasteiger partial charge < -0.3 is 9.84 Å². The lowest BCUT2D eigenvalue weighted by Gasteiger charge is -2.12. The Balaban J connectivity index is 3.03. The van der Waals surface area contributed by atoms with Gasteiger partial charge in [0.05, 0.1) is 13.0 Å². The van der Waals surface area contributed by atoms with Crippen LogP contribution in [0.2, 0.25) is 0 Å². The molecule has 3 nitrogen and oxygen atoms in total. The molecule has 1 rings (SSSR count). The summed E-state index contributed by atoms with van der Waals surface area (Å²) in [7, 11) is 1.49. The molecule has 88 valence electrons. The topological polar surface area (TPSA) is 46.5 Å². The molecule has 0 aliphatic rings. The van der Waals surface area contributed by atoms with E-state index in [-0.39, 0.29) is 12.2 Å². The number of halogens is 1. The molecule has 0 radical (unpaired) electrons. The van der Waals surface area contributed by atoms with Crippen molar-refractivity contribution in [3.63, 3.8) is 0 Å². The molecule has 0 saturated heterocycles. The van der Waals surface area contributed by atoms with E-state index in [1.807, 2.05) is 0 Å². The van der Waals surface area contributed by atoms with Gasteiger partial charge in [0.1, 0.15) is 11.6 Å². The molecule has 0 aromatic heterocycles. The van der Waals surface area contributed by atoms with Gasteiger partial charge in [-0.1, -0.05) is 6.92 Å². The maximum atomic E-state index is 13.3. The van der Waals surface area contributed by atoms with E-state index in [1.165, 1.54) is 13.2 Å². The van der Waals surface area contributed by atoms with E-state index >= 15 is 0 Å². The largest absolute Gasteiger partial charge is 0.496 e. The van der Waals surface area contributed by atoms with Crippen molar-refractivity contribution in [1.29, 1.82) is 0 Å². The molecule has 4 heteroatoms. The van der Waals surface area contributed by atoms with E-state index in [2.05, 4.69) is 0 Å². The Kier molecular flexibility index (Phi) is 3.88. The third-order valence-corrected chi connectivity index (χ3v) is 2.51. The number of aryl methyl sites for hydroxylation is 1. The molecule has 0 bridgehead atoms. The van der Waals surface area contributed by atoms with Gasteiger partial charge in [0.2, 0.25) is 0 Å². The smallest absolute Gasteiger partial charge is 0.306 e. The summed E-state index contributed by atoms with van der Waals surface area (Å²) in [6.07, 6.45) is 0.260. The first-order valence-electron chi connectivity index (χ1n) is 5.01. The van der Waals surface area contributed by atoms with Crippen LogP contribution in [0, 0.1) is 18.7 Å². The summed E-state index contributed by atoms with van der Waals surface area (Å²) in [6.45, 7) is 3.22. The Morgan fingerprint density at radius 2 is 2.19 bits per heavy atom. The number of ether oxygens (including phenoxy) is 1. The lowest BCUT2D eigenvalue weighted by Crippen LogP contribution is -2.13. The van der Waals surface area contributed by atoms with Crippen molar-refractivity contribution in [2.75, 3.05) is 7.11 Å². The van der Waals surface area contributed by atoms with Crippen molar-refractivity contribution in [3.05, 3.63) is 29.1 Å². The minimum absolute atomic E-state index is 0.260. The molecule has 1 atom stereocenters. The van der Waals surface area contributed by atoms with Crippen molar-refractivity contribution in [1.82, 2.24) is 0 Å². The summed E-state index contributed by atoms with van der Waals surface area (Å²) in [5.41, 5.74) is 1.07. The zero-order valence-corrected chi connectivity index (χ0v) is 9.58. The molecule has 16 heavy (non-hydrogen) atoms. The highest BCUT2D eigenvalue weighted by atomic mass is 19.1.